The van der Waals surface area contributed by atoms with E-state index in [4.69, 9.17) is 4.74 Å². The average Bonchev–Trinajstić information content (AvgIpc) is 2.48. The SMILES string of the molecule is COc1ccc(C)cc1C(O)CNc1cccc(F)c1C. The monoisotopic (exact) mass is 289 g/mol. The Labute approximate surface area is 124 Å². The van der Waals surface area contributed by atoms with Gasteiger partial charge in [-0.15, -0.1) is 0 Å². The maximum absolute atomic E-state index is 13.5. The van der Waals surface area contributed by atoms with Gasteiger partial charge >= 0.3 is 0 Å². The number of halogens is 1. The van der Waals surface area contributed by atoms with Gasteiger partial charge in [-0.1, -0.05) is 17.7 Å². The van der Waals surface area contributed by atoms with Crippen molar-refractivity contribution < 1.29 is 14.2 Å². The maximum atomic E-state index is 13.5. The highest BCUT2D eigenvalue weighted by Crippen LogP contribution is 2.27. The zero-order valence-electron chi connectivity index (χ0n) is 12.5. The first kappa shape index (κ1) is 15.3. The van der Waals surface area contributed by atoms with Crippen LogP contribution in [0.15, 0.2) is 36.4 Å². The van der Waals surface area contributed by atoms with E-state index in [0.29, 0.717) is 17.0 Å². The summed E-state index contributed by atoms with van der Waals surface area (Å²) in [6, 6.07) is 10.5. The third kappa shape index (κ3) is 3.52. The number of ether oxygens (including phenoxy) is 1. The van der Waals surface area contributed by atoms with Crippen LogP contribution in [0.4, 0.5) is 10.1 Å². The molecule has 0 heterocycles. The summed E-state index contributed by atoms with van der Waals surface area (Å²) in [6.45, 7) is 3.95. The van der Waals surface area contributed by atoms with Crippen molar-refractivity contribution in [2.24, 2.45) is 0 Å². The Hall–Kier alpha value is -2.07. The lowest BCUT2D eigenvalue weighted by atomic mass is 10.0. The van der Waals surface area contributed by atoms with Gasteiger partial charge in [0.15, 0.2) is 0 Å². The molecule has 0 saturated heterocycles. The lowest BCUT2D eigenvalue weighted by Gasteiger charge is -2.17. The van der Waals surface area contributed by atoms with Gasteiger partial charge in [-0.25, -0.2) is 4.39 Å². The van der Waals surface area contributed by atoms with Crippen LogP contribution in [0.1, 0.15) is 22.8 Å². The normalized spacial score (nSPS) is 12.0. The van der Waals surface area contributed by atoms with Crippen LogP contribution in [-0.2, 0) is 0 Å². The molecule has 2 aromatic rings. The largest absolute Gasteiger partial charge is 0.496 e. The molecule has 0 fully saturated rings. The second kappa shape index (κ2) is 6.59. The Kier molecular flexibility index (Phi) is 4.81. The topological polar surface area (TPSA) is 41.5 Å². The highest BCUT2D eigenvalue weighted by atomic mass is 19.1. The summed E-state index contributed by atoms with van der Waals surface area (Å²) < 4.78 is 18.7. The first-order chi connectivity index (χ1) is 10.0. The van der Waals surface area contributed by atoms with E-state index in [9.17, 15) is 9.50 Å². The predicted octanol–water partition coefficient (Wildman–Crippen LogP) is 3.60. The molecule has 2 N–H and O–H groups in total. The number of methoxy groups -OCH3 is 1. The van der Waals surface area contributed by atoms with Crippen molar-refractivity contribution >= 4 is 5.69 Å². The molecule has 1 atom stereocenters. The van der Waals surface area contributed by atoms with E-state index in [0.717, 1.165) is 11.1 Å². The van der Waals surface area contributed by atoms with Crippen molar-refractivity contribution in [1.29, 1.82) is 0 Å². The predicted molar refractivity (Wildman–Crippen MR) is 82.3 cm³/mol. The van der Waals surface area contributed by atoms with Crippen LogP contribution >= 0.6 is 0 Å². The van der Waals surface area contributed by atoms with Crippen LogP contribution in [0.2, 0.25) is 0 Å². The lowest BCUT2D eigenvalue weighted by molar-refractivity contribution is 0.187. The third-order valence-electron chi connectivity index (χ3n) is 3.50. The fourth-order valence-electron chi connectivity index (χ4n) is 2.23. The summed E-state index contributed by atoms with van der Waals surface area (Å²) in [7, 11) is 1.57. The van der Waals surface area contributed by atoms with E-state index in [1.165, 1.54) is 6.07 Å². The molecule has 0 aliphatic rings. The number of aliphatic hydroxyl groups is 1. The van der Waals surface area contributed by atoms with Crippen LogP contribution in [0.3, 0.4) is 0 Å². The van der Waals surface area contributed by atoms with Crippen molar-refractivity contribution in [3.63, 3.8) is 0 Å². The van der Waals surface area contributed by atoms with Crippen LogP contribution < -0.4 is 10.1 Å². The molecule has 21 heavy (non-hydrogen) atoms. The van der Waals surface area contributed by atoms with Crippen molar-refractivity contribution in [1.82, 2.24) is 0 Å². The van der Waals surface area contributed by atoms with E-state index in [1.54, 1.807) is 26.2 Å². The Morgan fingerprint density at radius 3 is 2.71 bits per heavy atom. The van der Waals surface area contributed by atoms with E-state index >= 15 is 0 Å². The highest BCUT2D eigenvalue weighted by Gasteiger charge is 2.14. The number of benzene rings is 2. The standard InChI is InChI=1S/C17H20FNO2/c1-11-7-8-17(21-3)13(9-11)16(20)10-19-15-6-4-5-14(18)12(15)2/h4-9,16,19-20H,10H2,1-3H3. The van der Waals surface area contributed by atoms with Gasteiger partial charge in [-0.2, -0.15) is 0 Å². The fraction of sp³-hybridized carbons (Fsp3) is 0.294. The van der Waals surface area contributed by atoms with E-state index < -0.39 is 6.10 Å². The molecule has 0 aliphatic carbocycles. The molecule has 0 radical (unpaired) electrons. The first-order valence-corrected chi connectivity index (χ1v) is 6.84. The van der Waals surface area contributed by atoms with Gasteiger partial charge in [0.25, 0.3) is 0 Å². The summed E-state index contributed by atoms with van der Waals surface area (Å²) in [5.41, 5.74) is 2.99. The van der Waals surface area contributed by atoms with E-state index in [2.05, 4.69) is 5.32 Å². The second-order valence-corrected chi connectivity index (χ2v) is 5.05. The summed E-state index contributed by atoms with van der Waals surface area (Å²) in [6.07, 6.45) is -0.734. The van der Waals surface area contributed by atoms with Gasteiger partial charge in [0.05, 0.1) is 13.2 Å². The molecule has 112 valence electrons. The van der Waals surface area contributed by atoms with E-state index in [-0.39, 0.29) is 12.4 Å². The zero-order chi connectivity index (χ0) is 15.4. The molecular formula is C17H20FNO2. The molecule has 0 saturated carbocycles. The van der Waals surface area contributed by atoms with Crippen LogP contribution in [0.25, 0.3) is 0 Å². The Morgan fingerprint density at radius 2 is 2.00 bits per heavy atom. The quantitative estimate of drug-likeness (QED) is 0.883. The summed E-state index contributed by atoms with van der Waals surface area (Å²) >= 11 is 0. The Balaban J connectivity index is 2.13. The highest BCUT2D eigenvalue weighted by molar-refractivity contribution is 5.51. The van der Waals surface area contributed by atoms with Gasteiger partial charge < -0.3 is 15.2 Å². The van der Waals surface area contributed by atoms with Crippen molar-refractivity contribution in [2.45, 2.75) is 20.0 Å². The molecule has 3 nitrogen and oxygen atoms in total. The average molecular weight is 289 g/mol. The maximum Gasteiger partial charge on any atom is 0.128 e. The van der Waals surface area contributed by atoms with Gasteiger partial charge in [-0.3, -0.25) is 0 Å². The van der Waals surface area contributed by atoms with Crippen molar-refractivity contribution in [2.75, 3.05) is 19.0 Å². The minimum atomic E-state index is -0.734. The summed E-state index contributed by atoms with van der Waals surface area (Å²) in [5.74, 6) is 0.383. The molecule has 4 heteroatoms. The van der Waals surface area contributed by atoms with Gasteiger partial charge in [0.2, 0.25) is 0 Å². The lowest BCUT2D eigenvalue weighted by Crippen LogP contribution is -2.14. The molecule has 0 bridgehead atoms. The molecule has 0 aromatic heterocycles. The number of hydrogen-bond donors (Lipinski definition) is 2. The molecular weight excluding hydrogens is 269 g/mol. The van der Waals surface area contributed by atoms with E-state index in [1.807, 2.05) is 25.1 Å². The van der Waals surface area contributed by atoms with Crippen LogP contribution in [0.5, 0.6) is 5.75 Å². The zero-order valence-corrected chi connectivity index (χ0v) is 12.5. The van der Waals surface area contributed by atoms with Gasteiger partial charge in [0.1, 0.15) is 11.6 Å². The number of aryl methyl sites for hydroxylation is 1. The summed E-state index contributed by atoms with van der Waals surface area (Å²) in [5, 5.41) is 13.4. The number of anilines is 1. The fourth-order valence-corrected chi connectivity index (χ4v) is 2.23. The number of hydrogen-bond acceptors (Lipinski definition) is 3. The van der Waals surface area contributed by atoms with Crippen molar-refractivity contribution in [3.05, 3.63) is 58.9 Å². The minimum absolute atomic E-state index is 0.261. The number of rotatable bonds is 5. The number of aliphatic hydroxyl groups excluding tert-OH is 1. The summed E-state index contributed by atoms with van der Waals surface area (Å²) in [4.78, 5) is 0. The second-order valence-electron chi connectivity index (χ2n) is 5.05. The third-order valence-corrected chi connectivity index (χ3v) is 3.50. The molecule has 1 unspecified atom stereocenters. The molecule has 2 rings (SSSR count). The molecule has 0 spiro atoms. The van der Waals surface area contributed by atoms with Gasteiger partial charge in [-0.05, 0) is 38.1 Å². The molecule has 0 aliphatic heterocycles. The molecule has 2 aromatic carbocycles. The Morgan fingerprint density at radius 1 is 1.24 bits per heavy atom. The smallest absolute Gasteiger partial charge is 0.128 e. The van der Waals surface area contributed by atoms with Crippen LogP contribution in [-0.4, -0.2) is 18.8 Å². The van der Waals surface area contributed by atoms with Crippen LogP contribution in [0, 0.1) is 19.7 Å². The van der Waals surface area contributed by atoms with Crippen molar-refractivity contribution in [3.8, 4) is 5.75 Å². The minimum Gasteiger partial charge on any atom is -0.496 e. The number of nitrogens with one attached hydrogen (secondary N) is 1. The molecule has 0 amide bonds. The van der Waals surface area contributed by atoms with Gasteiger partial charge in [0, 0.05) is 23.4 Å². The first-order valence-electron chi connectivity index (χ1n) is 6.84. The Bertz CT molecular complexity index is 628.